The molecule has 0 bridgehead atoms. The van der Waals surface area contributed by atoms with Gasteiger partial charge in [-0.25, -0.2) is 10.4 Å². The minimum atomic E-state index is -0.343. The molecule has 0 aliphatic rings. The average molecular weight is 370 g/mol. The number of hydrazone groups is 1. The van der Waals surface area contributed by atoms with Crippen molar-refractivity contribution in [2.45, 2.75) is 6.92 Å². The summed E-state index contributed by atoms with van der Waals surface area (Å²) in [5.41, 5.74) is 7.19. The number of imidazole rings is 1. The Bertz CT molecular complexity index is 1100. The van der Waals surface area contributed by atoms with Gasteiger partial charge in [0.05, 0.1) is 17.7 Å². The van der Waals surface area contributed by atoms with E-state index in [2.05, 4.69) is 25.7 Å². The molecule has 4 rings (SSSR count). The maximum Gasteiger partial charge on any atom is 0.289 e. The topological polar surface area (TPSA) is 88.0 Å². The van der Waals surface area contributed by atoms with Gasteiger partial charge in [0.15, 0.2) is 0 Å². The monoisotopic (exact) mass is 370 g/mol. The molecule has 2 N–H and O–H groups in total. The van der Waals surface area contributed by atoms with E-state index in [1.807, 2.05) is 72.3 Å². The lowest BCUT2D eigenvalue weighted by Crippen LogP contribution is -2.19. The summed E-state index contributed by atoms with van der Waals surface area (Å²) in [4.78, 5) is 16.4. The molecule has 0 radical (unpaired) electrons. The van der Waals surface area contributed by atoms with Gasteiger partial charge < -0.3 is 4.57 Å². The van der Waals surface area contributed by atoms with E-state index >= 15 is 0 Å². The van der Waals surface area contributed by atoms with Gasteiger partial charge in [-0.1, -0.05) is 42.5 Å². The molecule has 1 amide bonds. The Labute approximate surface area is 161 Å². The second-order valence-corrected chi connectivity index (χ2v) is 6.19. The third kappa shape index (κ3) is 3.73. The summed E-state index contributed by atoms with van der Waals surface area (Å²) in [6, 6.07) is 19.2. The number of carbonyl (C=O) groups excluding carboxylic acids is 1. The van der Waals surface area contributed by atoms with E-state index in [1.54, 1.807) is 18.6 Å². The van der Waals surface area contributed by atoms with Gasteiger partial charge >= 0.3 is 0 Å². The largest absolute Gasteiger partial charge is 0.306 e. The molecule has 7 heteroatoms. The van der Waals surface area contributed by atoms with Crippen molar-refractivity contribution in [3.8, 4) is 16.9 Å². The van der Waals surface area contributed by atoms with E-state index in [4.69, 9.17) is 0 Å². The Morgan fingerprint density at radius 2 is 1.89 bits per heavy atom. The van der Waals surface area contributed by atoms with Crippen LogP contribution in [0.25, 0.3) is 16.9 Å². The van der Waals surface area contributed by atoms with Crippen LogP contribution in [-0.4, -0.2) is 31.4 Å². The van der Waals surface area contributed by atoms with Gasteiger partial charge in [0.1, 0.15) is 5.69 Å². The molecule has 0 aliphatic heterocycles. The van der Waals surface area contributed by atoms with E-state index in [0.717, 1.165) is 16.8 Å². The van der Waals surface area contributed by atoms with Crippen molar-refractivity contribution in [2.24, 2.45) is 5.10 Å². The number of rotatable bonds is 5. The van der Waals surface area contributed by atoms with E-state index < -0.39 is 0 Å². The van der Waals surface area contributed by atoms with E-state index in [0.29, 0.717) is 17.1 Å². The summed E-state index contributed by atoms with van der Waals surface area (Å²) in [5, 5.41) is 11.1. The van der Waals surface area contributed by atoms with Crippen LogP contribution in [0.1, 0.15) is 23.0 Å². The lowest BCUT2D eigenvalue weighted by atomic mass is 10.1. The quantitative estimate of drug-likeness (QED) is 0.417. The molecule has 28 heavy (non-hydrogen) atoms. The van der Waals surface area contributed by atoms with Crippen LogP contribution in [0.2, 0.25) is 0 Å². The van der Waals surface area contributed by atoms with Crippen molar-refractivity contribution in [3.63, 3.8) is 0 Å². The molecule has 0 aliphatic carbocycles. The molecule has 0 spiro atoms. The number of H-pyrrole nitrogens is 1. The summed E-state index contributed by atoms with van der Waals surface area (Å²) in [6.45, 7) is 1.84. The number of aromatic amines is 1. The second-order valence-electron chi connectivity index (χ2n) is 6.19. The maximum atomic E-state index is 12.3. The highest BCUT2D eigenvalue weighted by Crippen LogP contribution is 2.16. The molecule has 0 saturated carbocycles. The van der Waals surface area contributed by atoms with Crippen LogP contribution in [0.3, 0.4) is 0 Å². The summed E-state index contributed by atoms with van der Waals surface area (Å²) in [7, 11) is 0. The number of aromatic nitrogens is 4. The van der Waals surface area contributed by atoms with Crippen LogP contribution < -0.4 is 5.43 Å². The SMILES string of the molecule is C/C(=N\NC(=O)c1cc(-c2ccccc2)n[nH]1)c1ccc(-n2ccnc2)cc1. The zero-order chi connectivity index (χ0) is 19.3. The highest BCUT2D eigenvalue weighted by Gasteiger charge is 2.10. The molecule has 2 heterocycles. The minimum absolute atomic E-state index is 0.343. The lowest BCUT2D eigenvalue weighted by Gasteiger charge is -2.05. The summed E-state index contributed by atoms with van der Waals surface area (Å²) < 4.78 is 1.92. The first-order chi connectivity index (χ1) is 13.7. The van der Waals surface area contributed by atoms with Crippen LogP contribution >= 0.6 is 0 Å². The highest BCUT2D eigenvalue weighted by atomic mass is 16.2. The van der Waals surface area contributed by atoms with E-state index in [-0.39, 0.29) is 5.91 Å². The Morgan fingerprint density at radius 1 is 1.11 bits per heavy atom. The fraction of sp³-hybridized carbons (Fsp3) is 0.0476. The zero-order valence-electron chi connectivity index (χ0n) is 15.2. The van der Waals surface area contributed by atoms with Gasteiger partial charge in [0, 0.05) is 23.6 Å². The van der Waals surface area contributed by atoms with Crippen LogP contribution in [0.15, 0.2) is 84.5 Å². The molecule has 0 atom stereocenters. The molecule has 2 aromatic carbocycles. The molecule has 4 aromatic rings. The fourth-order valence-corrected chi connectivity index (χ4v) is 2.74. The van der Waals surface area contributed by atoms with Crippen molar-refractivity contribution in [1.82, 2.24) is 25.2 Å². The van der Waals surface area contributed by atoms with Gasteiger partial charge in [-0.3, -0.25) is 9.89 Å². The summed E-state index contributed by atoms with van der Waals surface area (Å²) in [5.74, 6) is -0.343. The number of hydrogen-bond donors (Lipinski definition) is 2. The highest BCUT2D eigenvalue weighted by molar-refractivity contribution is 6.00. The first-order valence-electron chi connectivity index (χ1n) is 8.75. The van der Waals surface area contributed by atoms with Gasteiger partial charge in [0.25, 0.3) is 5.91 Å². The number of hydrogen-bond acceptors (Lipinski definition) is 4. The lowest BCUT2D eigenvalue weighted by molar-refractivity contribution is 0.0950. The maximum absolute atomic E-state index is 12.3. The average Bonchev–Trinajstić information content (AvgIpc) is 3.45. The van der Waals surface area contributed by atoms with Crippen LogP contribution in [0, 0.1) is 0 Å². The standard InChI is InChI=1S/C21H18N6O/c1-15(16-7-9-18(10-8-16)27-12-11-22-14-27)23-26-21(28)20-13-19(24-25-20)17-5-3-2-4-6-17/h2-14H,1H3,(H,24,25)(H,26,28)/b23-15+. The van der Waals surface area contributed by atoms with Crippen LogP contribution in [-0.2, 0) is 0 Å². The fourth-order valence-electron chi connectivity index (χ4n) is 2.74. The third-order valence-electron chi connectivity index (χ3n) is 4.30. The third-order valence-corrected chi connectivity index (χ3v) is 4.30. The zero-order valence-corrected chi connectivity index (χ0v) is 15.2. The first kappa shape index (κ1) is 17.4. The number of nitrogens with one attached hydrogen (secondary N) is 2. The second kappa shape index (κ2) is 7.71. The summed E-state index contributed by atoms with van der Waals surface area (Å²) in [6.07, 6.45) is 5.35. The Hall–Kier alpha value is -4.00. The summed E-state index contributed by atoms with van der Waals surface area (Å²) >= 11 is 0. The predicted molar refractivity (Wildman–Crippen MR) is 107 cm³/mol. The normalized spacial score (nSPS) is 11.4. The molecule has 0 saturated heterocycles. The molecule has 0 fully saturated rings. The van der Waals surface area contributed by atoms with Gasteiger partial charge in [0.2, 0.25) is 0 Å². The Morgan fingerprint density at radius 3 is 2.61 bits per heavy atom. The molecule has 7 nitrogen and oxygen atoms in total. The van der Waals surface area contributed by atoms with Gasteiger partial charge in [-0.15, -0.1) is 0 Å². The van der Waals surface area contributed by atoms with Gasteiger partial charge in [-0.2, -0.15) is 10.2 Å². The molecular weight excluding hydrogens is 352 g/mol. The molecule has 0 unspecified atom stereocenters. The van der Waals surface area contributed by atoms with E-state index in [9.17, 15) is 4.79 Å². The van der Waals surface area contributed by atoms with Gasteiger partial charge in [-0.05, 0) is 30.7 Å². The van der Waals surface area contributed by atoms with Crippen molar-refractivity contribution in [1.29, 1.82) is 0 Å². The number of amides is 1. The number of nitrogens with zero attached hydrogens (tertiary/aromatic N) is 4. The molecule has 2 aromatic heterocycles. The number of benzene rings is 2. The molecular formula is C21H18N6O. The minimum Gasteiger partial charge on any atom is -0.306 e. The molecule has 138 valence electrons. The first-order valence-corrected chi connectivity index (χ1v) is 8.75. The van der Waals surface area contributed by atoms with Crippen molar-refractivity contribution in [2.75, 3.05) is 0 Å². The van der Waals surface area contributed by atoms with E-state index in [1.165, 1.54) is 0 Å². The Kier molecular flexibility index (Phi) is 4.79. The van der Waals surface area contributed by atoms with Crippen molar-refractivity contribution >= 4 is 11.6 Å². The van der Waals surface area contributed by atoms with Crippen molar-refractivity contribution < 1.29 is 4.79 Å². The van der Waals surface area contributed by atoms with Crippen molar-refractivity contribution in [3.05, 3.63) is 90.6 Å². The predicted octanol–water partition coefficient (Wildman–Crippen LogP) is 3.42. The number of carbonyl (C=O) groups is 1. The Balaban J connectivity index is 1.43. The van der Waals surface area contributed by atoms with Crippen LogP contribution in [0.5, 0.6) is 0 Å². The smallest absolute Gasteiger partial charge is 0.289 e. The van der Waals surface area contributed by atoms with Crippen LogP contribution in [0.4, 0.5) is 0 Å².